The van der Waals surface area contributed by atoms with Crippen molar-refractivity contribution in [3.63, 3.8) is 0 Å². The third-order valence-electron chi connectivity index (χ3n) is 2.45. The molecule has 3 heteroatoms. The molecule has 1 aromatic carbocycles. The summed E-state index contributed by atoms with van der Waals surface area (Å²) in [6.07, 6.45) is 5.41. The number of benzene rings is 1. The molecule has 0 aliphatic carbocycles. The van der Waals surface area contributed by atoms with Crippen LogP contribution in [-0.4, -0.2) is 21.3 Å². The van der Waals surface area contributed by atoms with Gasteiger partial charge < -0.3 is 14.2 Å². The van der Waals surface area contributed by atoms with Crippen LogP contribution in [0, 0.1) is 12.3 Å². The molecule has 0 spiro atoms. The Morgan fingerprint density at radius 1 is 1.00 bits per heavy atom. The second-order valence-electron chi connectivity index (χ2n) is 3.34. The highest BCUT2D eigenvalue weighted by atomic mass is 16.5. The number of hydrogen-bond donors (Lipinski definition) is 0. The van der Waals surface area contributed by atoms with E-state index in [0.29, 0.717) is 17.2 Å². The molecule has 0 bridgehead atoms. The van der Waals surface area contributed by atoms with Crippen LogP contribution >= 0.6 is 0 Å². The molecule has 0 aliphatic heterocycles. The highest BCUT2D eigenvalue weighted by molar-refractivity contribution is 5.53. The lowest BCUT2D eigenvalue weighted by atomic mass is 10.0. The summed E-state index contributed by atoms with van der Waals surface area (Å²) in [5.41, 5.74) is 0.919. The molecule has 0 fully saturated rings. The highest BCUT2D eigenvalue weighted by Gasteiger charge is 2.15. The van der Waals surface area contributed by atoms with Gasteiger partial charge in [0.1, 0.15) is 5.75 Å². The van der Waals surface area contributed by atoms with E-state index in [1.807, 2.05) is 13.0 Å². The summed E-state index contributed by atoms with van der Waals surface area (Å²) in [5.74, 6) is 4.63. The van der Waals surface area contributed by atoms with Gasteiger partial charge in [0.25, 0.3) is 0 Å². The quantitative estimate of drug-likeness (QED) is 0.729. The van der Waals surface area contributed by atoms with Crippen LogP contribution in [0.5, 0.6) is 17.2 Å². The number of ether oxygens (including phenoxy) is 3. The van der Waals surface area contributed by atoms with Crippen LogP contribution < -0.4 is 14.2 Å². The molecule has 0 heterocycles. The van der Waals surface area contributed by atoms with Crippen LogP contribution in [0.3, 0.4) is 0 Å². The molecule has 0 N–H and O–H groups in total. The van der Waals surface area contributed by atoms with Crippen LogP contribution in [0.4, 0.5) is 0 Å². The minimum atomic E-state index is -0.0326. The molecule has 1 aromatic rings. The molecule has 3 nitrogen and oxygen atoms in total. The third kappa shape index (κ3) is 2.22. The van der Waals surface area contributed by atoms with Gasteiger partial charge in [-0.15, -0.1) is 6.42 Å². The van der Waals surface area contributed by atoms with Gasteiger partial charge >= 0.3 is 0 Å². The van der Waals surface area contributed by atoms with Crippen molar-refractivity contribution < 1.29 is 14.2 Å². The third-order valence-corrected chi connectivity index (χ3v) is 2.45. The molecule has 0 saturated heterocycles. The summed E-state index contributed by atoms with van der Waals surface area (Å²) < 4.78 is 15.7. The second kappa shape index (κ2) is 5.32. The Morgan fingerprint density at radius 3 is 1.94 bits per heavy atom. The number of terminal acetylenes is 1. The Bertz CT molecular complexity index is 404. The molecule has 0 amide bonds. The lowest BCUT2D eigenvalue weighted by molar-refractivity contribution is 0.347. The summed E-state index contributed by atoms with van der Waals surface area (Å²) >= 11 is 0. The van der Waals surface area contributed by atoms with Crippen LogP contribution in [-0.2, 0) is 0 Å². The SMILES string of the molecule is C#CC(C)c1cc(OC)c(OC)cc1OC. The average molecular weight is 220 g/mol. The van der Waals surface area contributed by atoms with Gasteiger partial charge in [0, 0.05) is 17.5 Å². The van der Waals surface area contributed by atoms with Gasteiger partial charge in [0.2, 0.25) is 0 Å². The van der Waals surface area contributed by atoms with E-state index in [-0.39, 0.29) is 5.92 Å². The lowest BCUT2D eigenvalue weighted by Crippen LogP contribution is -1.99. The van der Waals surface area contributed by atoms with Gasteiger partial charge in [-0.25, -0.2) is 0 Å². The van der Waals surface area contributed by atoms with E-state index >= 15 is 0 Å². The summed E-state index contributed by atoms with van der Waals surface area (Å²) in [5, 5.41) is 0. The van der Waals surface area contributed by atoms with Gasteiger partial charge in [-0.2, -0.15) is 0 Å². The van der Waals surface area contributed by atoms with Gasteiger partial charge in [-0.05, 0) is 13.0 Å². The molecular formula is C13H16O3. The normalized spacial score (nSPS) is 11.4. The minimum absolute atomic E-state index is 0.0326. The maximum atomic E-state index is 5.41. The number of hydrogen-bond acceptors (Lipinski definition) is 3. The van der Waals surface area contributed by atoms with Crippen molar-refractivity contribution in [2.75, 3.05) is 21.3 Å². The zero-order valence-electron chi connectivity index (χ0n) is 10.0. The second-order valence-corrected chi connectivity index (χ2v) is 3.34. The molecule has 1 rings (SSSR count). The maximum absolute atomic E-state index is 5.41. The largest absolute Gasteiger partial charge is 0.496 e. The summed E-state index contributed by atoms with van der Waals surface area (Å²) in [7, 11) is 4.78. The van der Waals surface area contributed by atoms with Crippen LogP contribution in [0.25, 0.3) is 0 Å². The van der Waals surface area contributed by atoms with Crippen molar-refractivity contribution in [2.45, 2.75) is 12.8 Å². The maximum Gasteiger partial charge on any atom is 0.164 e. The fraction of sp³-hybridized carbons (Fsp3) is 0.385. The van der Waals surface area contributed by atoms with E-state index in [9.17, 15) is 0 Å². The Balaban J connectivity index is 3.32. The Morgan fingerprint density at radius 2 is 1.50 bits per heavy atom. The predicted octanol–water partition coefficient (Wildman–Crippen LogP) is 2.45. The van der Waals surface area contributed by atoms with E-state index in [0.717, 1.165) is 5.56 Å². The molecule has 0 aliphatic rings. The summed E-state index contributed by atoms with van der Waals surface area (Å²) in [6, 6.07) is 3.63. The number of rotatable bonds is 4. The molecule has 1 unspecified atom stereocenters. The lowest BCUT2D eigenvalue weighted by Gasteiger charge is -2.15. The summed E-state index contributed by atoms with van der Waals surface area (Å²) in [4.78, 5) is 0. The standard InChI is InChI=1S/C13H16O3/c1-6-9(2)10-7-12(15-4)13(16-5)8-11(10)14-3/h1,7-9H,2-5H3. The zero-order chi connectivity index (χ0) is 12.1. The van der Waals surface area contributed by atoms with Crippen LogP contribution in [0.1, 0.15) is 18.4 Å². The van der Waals surface area contributed by atoms with Crippen molar-refractivity contribution >= 4 is 0 Å². The van der Waals surface area contributed by atoms with E-state index in [2.05, 4.69) is 5.92 Å². The van der Waals surface area contributed by atoms with E-state index < -0.39 is 0 Å². The molecule has 16 heavy (non-hydrogen) atoms. The fourth-order valence-corrected chi connectivity index (χ4v) is 1.48. The van der Waals surface area contributed by atoms with E-state index in [1.165, 1.54) is 0 Å². The monoisotopic (exact) mass is 220 g/mol. The molecule has 1 atom stereocenters. The first-order chi connectivity index (χ1) is 7.67. The topological polar surface area (TPSA) is 27.7 Å². The Hall–Kier alpha value is -1.82. The molecule has 0 saturated carbocycles. The Kier molecular flexibility index (Phi) is 4.07. The van der Waals surface area contributed by atoms with Crippen molar-refractivity contribution in [3.8, 4) is 29.6 Å². The molecule has 0 aromatic heterocycles. The van der Waals surface area contributed by atoms with Crippen molar-refractivity contribution in [1.82, 2.24) is 0 Å². The fourth-order valence-electron chi connectivity index (χ4n) is 1.48. The minimum Gasteiger partial charge on any atom is -0.496 e. The molecule has 86 valence electrons. The van der Waals surface area contributed by atoms with Gasteiger partial charge in [0.15, 0.2) is 11.5 Å². The predicted molar refractivity (Wildman–Crippen MR) is 63.3 cm³/mol. The van der Waals surface area contributed by atoms with Crippen LogP contribution in [0.2, 0.25) is 0 Å². The average Bonchev–Trinajstić information content (AvgIpc) is 2.35. The first-order valence-corrected chi connectivity index (χ1v) is 4.94. The zero-order valence-corrected chi connectivity index (χ0v) is 10.0. The van der Waals surface area contributed by atoms with Gasteiger partial charge in [-0.3, -0.25) is 0 Å². The Labute approximate surface area is 96.3 Å². The number of methoxy groups -OCH3 is 3. The van der Waals surface area contributed by atoms with Crippen molar-refractivity contribution in [3.05, 3.63) is 17.7 Å². The molecular weight excluding hydrogens is 204 g/mol. The van der Waals surface area contributed by atoms with E-state index in [4.69, 9.17) is 20.6 Å². The smallest absolute Gasteiger partial charge is 0.164 e. The highest BCUT2D eigenvalue weighted by Crippen LogP contribution is 2.37. The van der Waals surface area contributed by atoms with E-state index in [1.54, 1.807) is 27.4 Å². The van der Waals surface area contributed by atoms with Crippen LogP contribution in [0.15, 0.2) is 12.1 Å². The first-order valence-electron chi connectivity index (χ1n) is 4.94. The van der Waals surface area contributed by atoms with Crippen molar-refractivity contribution in [1.29, 1.82) is 0 Å². The van der Waals surface area contributed by atoms with Gasteiger partial charge in [-0.1, -0.05) is 5.92 Å². The van der Waals surface area contributed by atoms with Crippen molar-refractivity contribution in [2.24, 2.45) is 0 Å². The molecule has 0 radical (unpaired) electrons. The first kappa shape index (κ1) is 12.3. The van der Waals surface area contributed by atoms with Gasteiger partial charge in [0.05, 0.1) is 21.3 Å². The summed E-state index contributed by atoms with van der Waals surface area (Å²) in [6.45, 7) is 1.93.